The fraction of sp³-hybridized carbons (Fsp3) is 0.364. The van der Waals surface area contributed by atoms with E-state index in [0.717, 1.165) is 18.5 Å². The molecule has 33 heavy (non-hydrogen) atoms. The Hall–Kier alpha value is -2.76. The lowest BCUT2D eigenvalue weighted by Gasteiger charge is -2.16. The second-order valence-corrected chi connectivity index (χ2v) is 12.3. The standard InChI is InChI=1S/C22H25N3O6S2/c26-21-5-2-11-25(21)14-16-3-1-4-17(13-16)22(27)23-18-6-8-20(9-7-18)33(30,31)24-19-10-12-32(28,29)15-19/h1,3-4,6-9,13,19,24H,2,5,10-12,14-15H2,(H,23,27). The van der Waals surface area contributed by atoms with Gasteiger partial charge >= 0.3 is 0 Å². The van der Waals surface area contributed by atoms with Gasteiger partial charge in [-0.2, -0.15) is 0 Å². The maximum Gasteiger partial charge on any atom is 0.255 e. The van der Waals surface area contributed by atoms with Crippen molar-refractivity contribution in [3.05, 3.63) is 59.7 Å². The van der Waals surface area contributed by atoms with Crippen LogP contribution in [0.1, 0.15) is 35.2 Å². The number of carbonyl (C=O) groups is 2. The highest BCUT2D eigenvalue weighted by atomic mass is 32.2. The van der Waals surface area contributed by atoms with Gasteiger partial charge in [0.15, 0.2) is 9.84 Å². The Balaban J connectivity index is 1.39. The summed E-state index contributed by atoms with van der Waals surface area (Å²) >= 11 is 0. The van der Waals surface area contributed by atoms with E-state index in [1.54, 1.807) is 23.1 Å². The smallest absolute Gasteiger partial charge is 0.255 e. The largest absolute Gasteiger partial charge is 0.338 e. The quantitative estimate of drug-likeness (QED) is 0.604. The van der Waals surface area contributed by atoms with E-state index in [1.165, 1.54) is 24.3 Å². The average Bonchev–Trinajstić information content (AvgIpc) is 3.32. The first-order chi connectivity index (χ1) is 15.6. The fourth-order valence-corrected chi connectivity index (χ4v) is 7.05. The number of nitrogens with one attached hydrogen (secondary N) is 2. The fourth-order valence-electron chi connectivity index (χ4n) is 4.00. The summed E-state index contributed by atoms with van der Waals surface area (Å²) in [6, 6.07) is 12.1. The van der Waals surface area contributed by atoms with Gasteiger partial charge in [0.25, 0.3) is 5.91 Å². The molecule has 11 heteroatoms. The molecule has 2 N–H and O–H groups in total. The van der Waals surface area contributed by atoms with Gasteiger partial charge in [-0.1, -0.05) is 12.1 Å². The van der Waals surface area contributed by atoms with Crippen LogP contribution >= 0.6 is 0 Å². The molecule has 2 heterocycles. The predicted molar refractivity (Wildman–Crippen MR) is 123 cm³/mol. The molecule has 0 aliphatic carbocycles. The molecule has 1 unspecified atom stereocenters. The van der Waals surface area contributed by atoms with Crippen molar-refractivity contribution in [2.45, 2.75) is 36.7 Å². The van der Waals surface area contributed by atoms with Crippen molar-refractivity contribution in [2.75, 3.05) is 23.4 Å². The van der Waals surface area contributed by atoms with E-state index in [9.17, 15) is 26.4 Å². The molecule has 0 aromatic heterocycles. The van der Waals surface area contributed by atoms with E-state index in [0.29, 0.717) is 24.2 Å². The Morgan fingerprint density at radius 1 is 1.12 bits per heavy atom. The van der Waals surface area contributed by atoms with Crippen molar-refractivity contribution in [1.82, 2.24) is 9.62 Å². The van der Waals surface area contributed by atoms with Crippen molar-refractivity contribution in [2.24, 2.45) is 0 Å². The van der Waals surface area contributed by atoms with Gasteiger partial charge in [0.2, 0.25) is 15.9 Å². The summed E-state index contributed by atoms with van der Waals surface area (Å²) < 4.78 is 50.6. The first kappa shape index (κ1) is 23.4. The van der Waals surface area contributed by atoms with Crippen LogP contribution in [0.2, 0.25) is 0 Å². The molecule has 176 valence electrons. The van der Waals surface area contributed by atoms with Gasteiger partial charge in [-0.05, 0) is 54.8 Å². The van der Waals surface area contributed by atoms with Crippen molar-refractivity contribution in [3.8, 4) is 0 Å². The zero-order valence-electron chi connectivity index (χ0n) is 17.9. The number of sulfonamides is 1. The number of carbonyl (C=O) groups excluding carboxylic acids is 2. The molecule has 1 atom stereocenters. The number of hydrogen-bond donors (Lipinski definition) is 2. The minimum atomic E-state index is -3.87. The van der Waals surface area contributed by atoms with E-state index >= 15 is 0 Å². The third kappa shape index (κ3) is 5.79. The third-order valence-corrected chi connectivity index (χ3v) is 9.02. The van der Waals surface area contributed by atoms with E-state index in [4.69, 9.17) is 0 Å². The molecule has 2 amide bonds. The SMILES string of the molecule is O=C(Nc1ccc(S(=O)(=O)NC2CCS(=O)(=O)C2)cc1)c1cccc(CN2CCCC2=O)c1. The summed E-state index contributed by atoms with van der Waals surface area (Å²) in [6.45, 7) is 1.18. The highest BCUT2D eigenvalue weighted by Gasteiger charge is 2.31. The molecule has 2 fully saturated rings. The number of sulfone groups is 1. The van der Waals surface area contributed by atoms with Gasteiger partial charge in [0.1, 0.15) is 0 Å². The summed E-state index contributed by atoms with van der Waals surface area (Å²) in [7, 11) is -7.08. The van der Waals surface area contributed by atoms with E-state index < -0.39 is 25.9 Å². The maximum absolute atomic E-state index is 12.7. The Morgan fingerprint density at radius 2 is 1.88 bits per heavy atom. The molecule has 2 aromatic rings. The number of nitrogens with zero attached hydrogens (tertiary/aromatic N) is 1. The first-order valence-corrected chi connectivity index (χ1v) is 13.9. The van der Waals surface area contributed by atoms with Gasteiger partial charge in [-0.25, -0.2) is 21.6 Å². The molecule has 2 aliphatic heterocycles. The van der Waals surface area contributed by atoms with Crippen molar-refractivity contribution in [1.29, 1.82) is 0 Å². The first-order valence-electron chi connectivity index (χ1n) is 10.6. The molecule has 0 saturated carbocycles. The Kier molecular flexibility index (Phi) is 6.55. The molecule has 0 bridgehead atoms. The van der Waals surface area contributed by atoms with Crippen LogP contribution in [0, 0.1) is 0 Å². The molecule has 2 aromatic carbocycles. The van der Waals surface area contributed by atoms with Crippen LogP contribution < -0.4 is 10.0 Å². The van der Waals surface area contributed by atoms with Crippen LogP contribution in [-0.2, 0) is 31.2 Å². The molecular formula is C22H25N3O6S2. The summed E-state index contributed by atoms with van der Waals surface area (Å²) in [4.78, 5) is 26.3. The van der Waals surface area contributed by atoms with Gasteiger partial charge < -0.3 is 10.2 Å². The van der Waals surface area contributed by atoms with Crippen LogP contribution in [0.4, 0.5) is 5.69 Å². The minimum Gasteiger partial charge on any atom is -0.338 e. The predicted octanol–water partition coefficient (Wildman–Crippen LogP) is 1.53. The number of hydrogen-bond acceptors (Lipinski definition) is 6. The number of rotatable bonds is 7. The average molecular weight is 492 g/mol. The number of amides is 2. The molecular weight excluding hydrogens is 466 g/mol. The molecule has 9 nitrogen and oxygen atoms in total. The zero-order chi connectivity index (χ0) is 23.6. The normalized spacial score (nSPS) is 20.2. The van der Waals surface area contributed by atoms with Crippen molar-refractivity contribution in [3.63, 3.8) is 0 Å². The maximum atomic E-state index is 12.7. The second kappa shape index (κ2) is 9.24. The van der Waals surface area contributed by atoms with Crippen LogP contribution in [-0.4, -0.2) is 57.6 Å². The molecule has 4 rings (SSSR count). The van der Waals surface area contributed by atoms with E-state index in [1.807, 2.05) is 6.07 Å². The highest BCUT2D eigenvalue weighted by Crippen LogP contribution is 2.19. The third-order valence-electron chi connectivity index (χ3n) is 5.71. The monoisotopic (exact) mass is 491 g/mol. The lowest BCUT2D eigenvalue weighted by molar-refractivity contribution is -0.128. The van der Waals surface area contributed by atoms with Crippen LogP contribution in [0.3, 0.4) is 0 Å². The van der Waals surface area contributed by atoms with E-state index in [-0.39, 0.29) is 34.6 Å². The second-order valence-electron chi connectivity index (χ2n) is 8.32. The van der Waals surface area contributed by atoms with Crippen molar-refractivity contribution >= 4 is 37.4 Å². The zero-order valence-corrected chi connectivity index (χ0v) is 19.5. The van der Waals surface area contributed by atoms with E-state index in [2.05, 4.69) is 10.0 Å². The molecule has 2 aliphatic rings. The number of likely N-dealkylation sites (tertiary alicyclic amines) is 1. The van der Waals surface area contributed by atoms with Crippen LogP contribution in [0.25, 0.3) is 0 Å². The number of anilines is 1. The number of benzene rings is 2. The topological polar surface area (TPSA) is 130 Å². The molecule has 0 spiro atoms. The Labute approximate surface area is 193 Å². The highest BCUT2D eigenvalue weighted by molar-refractivity contribution is 7.92. The van der Waals surface area contributed by atoms with Crippen LogP contribution in [0.15, 0.2) is 53.4 Å². The Bertz CT molecular complexity index is 1270. The van der Waals surface area contributed by atoms with Gasteiger partial charge in [-0.3, -0.25) is 9.59 Å². The van der Waals surface area contributed by atoms with Gasteiger partial charge in [0.05, 0.1) is 16.4 Å². The lowest BCUT2D eigenvalue weighted by Crippen LogP contribution is -2.35. The summed E-state index contributed by atoms with van der Waals surface area (Å²) in [6.07, 6.45) is 1.65. The minimum absolute atomic E-state index is 0.0120. The Morgan fingerprint density at radius 3 is 2.52 bits per heavy atom. The molecule has 2 saturated heterocycles. The van der Waals surface area contributed by atoms with Crippen LogP contribution in [0.5, 0.6) is 0 Å². The van der Waals surface area contributed by atoms with Gasteiger partial charge in [0, 0.05) is 36.8 Å². The van der Waals surface area contributed by atoms with Crippen molar-refractivity contribution < 1.29 is 26.4 Å². The lowest BCUT2D eigenvalue weighted by atomic mass is 10.1. The van der Waals surface area contributed by atoms with Gasteiger partial charge in [-0.15, -0.1) is 0 Å². The summed E-state index contributed by atoms with van der Waals surface area (Å²) in [5.74, 6) is -0.468. The summed E-state index contributed by atoms with van der Waals surface area (Å²) in [5.41, 5.74) is 1.71. The molecule has 0 radical (unpaired) electrons. The summed E-state index contributed by atoms with van der Waals surface area (Å²) in [5, 5.41) is 2.74.